The molecule has 8 heteroatoms. The van der Waals surface area contributed by atoms with E-state index in [0.29, 0.717) is 11.4 Å². The fraction of sp³-hybridized carbons (Fsp3) is 0.348. The summed E-state index contributed by atoms with van der Waals surface area (Å²) in [5, 5.41) is 8.18. The SMILES string of the molecule is COc1cccc(NC(=O)CN(C)CC(=O)NCC(=O)Nc2c(C)cc(C)cc2C)c1. The van der Waals surface area contributed by atoms with Crippen LogP contribution in [0.25, 0.3) is 0 Å². The van der Waals surface area contributed by atoms with E-state index in [0.717, 1.165) is 22.4 Å². The molecule has 0 fully saturated rings. The second-order valence-corrected chi connectivity index (χ2v) is 7.55. The Morgan fingerprint density at radius 2 is 1.55 bits per heavy atom. The van der Waals surface area contributed by atoms with Crippen LogP contribution in [0.3, 0.4) is 0 Å². The van der Waals surface area contributed by atoms with E-state index >= 15 is 0 Å². The number of likely N-dealkylation sites (N-methyl/N-ethyl adjacent to an activating group) is 1. The number of rotatable bonds is 9. The second kappa shape index (κ2) is 11.1. The van der Waals surface area contributed by atoms with Crippen LogP contribution < -0.4 is 20.7 Å². The fourth-order valence-corrected chi connectivity index (χ4v) is 3.24. The molecule has 0 aliphatic heterocycles. The third-order valence-corrected chi connectivity index (χ3v) is 4.57. The Morgan fingerprint density at radius 3 is 2.19 bits per heavy atom. The van der Waals surface area contributed by atoms with Gasteiger partial charge in [-0.2, -0.15) is 0 Å². The average molecular weight is 427 g/mol. The van der Waals surface area contributed by atoms with Crippen molar-refractivity contribution in [3.63, 3.8) is 0 Å². The minimum Gasteiger partial charge on any atom is -0.497 e. The Hall–Kier alpha value is -3.39. The summed E-state index contributed by atoms with van der Waals surface area (Å²) in [7, 11) is 3.21. The van der Waals surface area contributed by atoms with Crippen molar-refractivity contribution in [1.82, 2.24) is 10.2 Å². The van der Waals surface area contributed by atoms with Crippen LogP contribution in [0.1, 0.15) is 16.7 Å². The smallest absolute Gasteiger partial charge is 0.243 e. The molecule has 166 valence electrons. The van der Waals surface area contributed by atoms with E-state index in [1.165, 1.54) is 0 Å². The van der Waals surface area contributed by atoms with Crippen LogP contribution in [0.2, 0.25) is 0 Å². The predicted octanol–water partition coefficient (Wildman–Crippen LogP) is 2.25. The highest BCUT2D eigenvalue weighted by atomic mass is 16.5. The molecule has 0 saturated carbocycles. The van der Waals surface area contributed by atoms with Gasteiger partial charge in [-0.15, -0.1) is 0 Å². The van der Waals surface area contributed by atoms with E-state index in [-0.39, 0.29) is 37.4 Å². The van der Waals surface area contributed by atoms with Crippen molar-refractivity contribution in [3.8, 4) is 5.75 Å². The van der Waals surface area contributed by atoms with Crippen LogP contribution in [0.5, 0.6) is 5.75 Å². The molecule has 2 aromatic carbocycles. The van der Waals surface area contributed by atoms with Crippen molar-refractivity contribution < 1.29 is 19.1 Å². The number of nitrogens with zero attached hydrogens (tertiary/aromatic N) is 1. The maximum absolute atomic E-state index is 12.2. The Morgan fingerprint density at radius 1 is 0.903 bits per heavy atom. The first-order valence-corrected chi connectivity index (χ1v) is 9.94. The first kappa shape index (κ1) is 23.9. The summed E-state index contributed by atoms with van der Waals surface area (Å²) in [5.74, 6) is -0.266. The molecular weight excluding hydrogens is 396 g/mol. The van der Waals surface area contributed by atoms with Crippen LogP contribution in [-0.4, -0.2) is 56.4 Å². The lowest BCUT2D eigenvalue weighted by Crippen LogP contribution is -2.41. The molecule has 8 nitrogen and oxygen atoms in total. The molecule has 0 radical (unpaired) electrons. The lowest BCUT2D eigenvalue weighted by Gasteiger charge is -2.16. The van der Waals surface area contributed by atoms with Gasteiger partial charge in [-0.3, -0.25) is 19.3 Å². The van der Waals surface area contributed by atoms with Crippen molar-refractivity contribution in [2.45, 2.75) is 20.8 Å². The lowest BCUT2D eigenvalue weighted by molar-refractivity contribution is -0.125. The summed E-state index contributed by atoms with van der Waals surface area (Å²) in [5.41, 5.74) is 4.44. The first-order valence-electron chi connectivity index (χ1n) is 9.94. The standard InChI is InChI=1S/C23H30N4O4/c1-15-9-16(2)23(17(3)10-15)26-20(28)12-24-21(29)13-27(4)14-22(30)25-18-7-6-8-19(11-18)31-5/h6-11H,12-14H2,1-5H3,(H,24,29)(H,25,30)(H,26,28). The van der Waals surface area contributed by atoms with Crippen molar-refractivity contribution in [2.75, 3.05) is 44.4 Å². The number of aryl methyl sites for hydroxylation is 3. The highest BCUT2D eigenvalue weighted by Crippen LogP contribution is 2.21. The molecule has 2 rings (SSSR count). The summed E-state index contributed by atoms with van der Waals surface area (Å²) in [6, 6.07) is 11.0. The topological polar surface area (TPSA) is 99.8 Å². The molecule has 0 heterocycles. The number of ether oxygens (including phenoxy) is 1. The first-order chi connectivity index (χ1) is 14.7. The molecule has 0 atom stereocenters. The number of carbonyl (C=O) groups excluding carboxylic acids is 3. The van der Waals surface area contributed by atoms with E-state index < -0.39 is 0 Å². The number of benzene rings is 2. The zero-order valence-corrected chi connectivity index (χ0v) is 18.7. The van der Waals surface area contributed by atoms with Gasteiger partial charge in [0.15, 0.2) is 0 Å². The maximum atomic E-state index is 12.2. The van der Waals surface area contributed by atoms with E-state index in [2.05, 4.69) is 16.0 Å². The Labute approximate surface area is 183 Å². The van der Waals surface area contributed by atoms with Crippen molar-refractivity contribution >= 4 is 29.1 Å². The average Bonchev–Trinajstić information content (AvgIpc) is 2.69. The van der Waals surface area contributed by atoms with Gasteiger partial charge in [0.2, 0.25) is 17.7 Å². The Bertz CT molecular complexity index is 935. The molecule has 3 amide bonds. The molecule has 0 saturated heterocycles. The van der Waals surface area contributed by atoms with Crippen LogP contribution in [0.4, 0.5) is 11.4 Å². The number of hydrogen-bond acceptors (Lipinski definition) is 5. The number of methoxy groups -OCH3 is 1. The largest absolute Gasteiger partial charge is 0.497 e. The van der Waals surface area contributed by atoms with Crippen LogP contribution in [-0.2, 0) is 14.4 Å². The number of amides is 3. The van der Waals surface area contributed by atoms with Crippen LogP contribution in [0.15, 0.2) is 36.4 Å². The third-order valence-electron chi connectivity index (χ3n) is 4.57. The quantitative estimate of drug-likeness (QED) is 0.571. The van der Waals surface area contributed by atoms with E-state index in [9.17, 15) is 14.4 Å². The summed E-state index contributed by atoms with van der Waals surface area (Å²) in [6.07, 6.45) is 0. The third kappa shape index (κ3) is 7.75. The van der Waals surface area contributed by atoms with Crippen LogP contribution in [0, 0.1) is 20.8 Å². The fourth-order valence-electron chi connectivity index (χ4n) is 3.24. The number of hydrogen-bond donors (Lipinski definition) is 3. The van der Waals surface area contributed by atoms with Gasteiger partial charge < -0.3 is 20.7 Å². The van der Waals surface area contributed by atoms with Gasteiger partial charge in [-0.05, 0) is 51.1 Å². The Balaban J connectivity index is 1.76. The minimum absolute atomic E-state index is 0.0125. The van der Waals surface area contributed by atoms with Gasteiger partial charge in [-0.25, -0.2) is 0 Å². The number of anilines is 2. The van der Waals surface area contributed by atoms with Gasteiger partial charge in [-0.1, -0.05) is 23.8 Å². The lowest BCUT2D eigenvalue weighted by atomic mass is 10.1. The van der Waals surface area contributed by atoms with Crippen molar-refractivity contribution in [3.05, 3.63) is 53.1 Å². The summed E-state index contributed by atoms with van der Waals surface area (Å²) in [4.78, 5) is 38.1. The van der Waals surface area contributed by atoms with Gasteiger partial charge >= 0.3 is 0 Å². The Kier molecular flexibility index (Phi) is 8.57. The molecule has 0 aromatic heterocycles. The maximum Gasteiger partial charge on any atom is 0.243 e. The molecule has 0 unspecified atom stereocenters. The summed E-state index contributed by atoms with van der Waals surface area (Å²) < 4.78 is 5.12. The predicted molar refractivity (Wildman–Crippen MR) is 121 cm³/mol. The molecule has 0 bridgehead atoms. The molecule has 0 aliphatic rings. The highest BCUT2D eigenvalue weighted by molar-refractivity contribution is 5.96. The van der Waals surface area contributed by atoms with E-state index in [4.69, 9.17) is 4.74 Å². The van der Waals surface area contributed by atoms with Gasteiger partial charge in [0.05, 0.1) is 26.7 Å². The van der Waals surface area contributed by atoms with Gasteiger partial charge in [0.1, 0.15) is 5.75 Å². The van der Waals surface area contributed by atoms with Gasteiger partial charge in [0.25, 0.3) is 0 Å². The van der Waals surface area contributed by atoms with E-state index in [1.54, 1.807) is 43.3 Å². The molecule has 0 spiro atoms. The summed E-state index contributed by atoms with van der Waals surface area (Å²) >= 11 is 0. The van der Waals surface area contributed by atoms with E-state index in [1.807, 2.05) is 32.9 Å². The van der Waals surface area contributed by atoms with Crippen molar-refractivity contribution in [2.24, 2.45) is 0 Å². The normalized spacial score (nSPS) is 10.5. The monoisotopic (exact) mass is 426 g/mol. The highest BCUT2D eigenvalue weighted by Gasteiger charge is 2.13. The van der Waals surface area contributed by atoms with Crippen LogP contribution >= 0.6 is 0 Å². The zero-order chi connectivity index (χ0) is 23.0. The molecule has 2 aromatic rings. The molecular formula is C23H30N4O4. The molecule has 31 heavy (non-hydrogen) atoms. The molecule has 0 aliphatic carbocycles. The van der Waals surface area contributed by atoms with Gasteiger partial charge in [0, 0.05) is 17.4 Å². The summed E-state index contributed by atoms with van der Waals surface area (Å²) in [6.45, 7) is 5.73. The minimum atomic E-state index is -0.343. The number of nitrogens with one attached hydrogen (secondary N) is 3. The zero-order valence-electron chi connectivity index (χ0n) is 18.7. The molecule has 3 N–H and O–H groups in total. The second-order valence-electron chi connectivity index (χ2n) is 7.55. The number of carbonyl (C=O) groups is 3. The van der Waals surface area contributed by atoms with Crippen molar-refractivity contribution in [1.29, 1.82) is 0 Å².